The molecule has 3 nitrogen and oxygen atoms in total. The lowest BCUT2D eigenvalue weighted by Crippen LogP contribution is -1.99. The molecule has 2 aromatic rings. The van der Waals surface area contributed by atoms with Crippen molar-refractivity contribution in [3.8, 4) is 0 Å². The summed E-state index contributed by atoms with van der Waals surface area (Å²) in [5.74, 6) is 0. The van der Waals surface area contributed by atoms with Crippen molar-refractivity contribution in [3.05, 3.63) is 56.5 Å². The van der Waals surface area contributed by atoms with Crippen LogP contribution in [-0.4, -0.2) is 5.11 Å². The van der Waals surface area contributed by atoms with E-state index in [-0.39, 0.29) is 0 Å². The van der Waals surface area contributed by atoms with Gasteiger partial charge in [-0.1, -0.05) is 44.0 Å². The predicted octanol–water partition coefficient (Wildman–Crippen LogP) is 5.02. The maximum atomic E-state index is 10.4. The zero-order valence-corrected chi connectivity index (χ0v) is 12.3. The number of rotatable bonds is 0. The lowest BCUT2D eigenvalue weighted by Gasteiger charge is -2.12. The van der Waals surface area contributed by atoms with Gasteiger partial charge in [-0.15, -0.1) is 0 Å². The van der Waals surface area contributed by atoms with E-state index in [1.165, 1.54) is 0 Å². The minimum Gasteiger partial charge on any atom is -0.383 e. The Hall–Kier alpha value is -1.04. The molecule has 0 aromatic heterocycles. The molecule has 0 aliphatic carbocycles. The first-order valence-corrected chi connectivity index (χ1v) is 6.92. The highest BCUT2D eigenvalue weighted by molar-refractivity contribution is 9.10. The number of nitrogens with zero attached hydrogens (tertiary/aromatic N) is 2. The van der Waals surface area contributed by atoms with Gasteiger partial charge in [0.15, 0.2) is 0 Å². The third-order valence-electron chi connectivity index (χ3n) is 2.84. The van der Waals surface area contributed by atoms with Gasteiger partial charge in [0.25, 0.3) is 0 Å². The van der Waals surface area contributed by atoms with E-state index in [0.29, 0.717) is 11.4 Å². The Kier molecular flexibility index (Phi) is 3.05. The van der Waals surface area contributed by atoms with Gasteiger partial charge in [0.2, 0.25) is 0 Å². The highest BCUT2D eigenvalue weighted by atomic mass is 79.9. The van der Waals surface area contributed by atoms with E-state index in [9.17, 15) is 5.11 Å². The second kappa shape index (κ2) is 4.57. The topological polar surface area (TPSA) is 45.0 Å². The van der Waals surface area contributed by atoms with Gasteiger partial charge in [-0.3, -0.25) is 0 Å². The number of halogens is 2. The fraction of sp³-hybridized carbons (Fsp3) is 0.0769. The van der Waals surface area contributed by atoms with Crippen LogP contribution in [0.15, 0.2) is 55.6 Å². The third kappa shape index (κ3) is 2.02. The molecule has 5 heteroatoms. The van der Waals surface area contributed by atoms with E-state index in [1.807, 2.05) is 36.4 Å². The molecule has 90 valence electrons. The van der Waals surface area contributed by atoms with Crippen molar-refractivity contribution in [2.24, 2.45) is 10.2 Å². The van der Waals surface area contributed by atoms with Crippen LogP contribution < -0.4 is 0 Å². The maximum absolute atomic E-state index is 10.4. The van der Waals surface area contributed by atoms with E-state index in [2.05, 4.69) is 42.1 Å². The first-order valence-electron chi connectivity index (χ1n) is 5.34. The van der Waals surface area contributed by atoms with Gasteiger partial charge < -0.3 is 5.11 Å². The quantitative estimate of drug-likeness (QED) is 0.697. The Bertz CT molecular complexity index is 600. The fourth-order valence-corrected chi connectivity index (χ4v) is 2.64. The van der Waals surface area contributed by atoms with Crippen molar-refractivity contribution in [1.29, 1.82) is 0 Å². The van der Waals surface area contributed by atoms with Crippen molar-refractivity contribution >= 4 is 43.2 Å². The number of hydrogen-bond donors (Lipinski definition) is 1. The van der Waals surface area contributed by atoms with Crippen LogP contribution in [0.5, 0.6) is 0 Å². The standard InChI is InChI=1S/C13H8Br2N2O/c14-7-1-3-9-11(5-7)16-17-12-6-8(15)2-4-10(12)13(9)18/h1-6,13,18H. The fourth-order valence-electron chi connectivity index (χ4n) is 1.94. The van der Waals surface area contributed by atoms with Gasteiger partial charge >= 0.3 is 0 Å². The second-order valence-corrected chi connectivity index (χ2v) is 5.84. The summed E-state index contributed by atoms with van der Waals surface area (Å²) >= 11 is 6.78. The number of aliphatic hydroxyl groups is 1. The summed E-state index contributed by atoms with van der Waals surface area (Å²) in [7, 11) is 0. The van der Waals surface area contributed by atoms with E-state index in [0.717, 1.165) is 20.1 Å². The van der Waals surface area contributed by atoms with Crippen LogP contribution in [0, 0.1) is 0 Å². The molecule has 0 fully saturated rings. The van der Waals surface area contributed by atoms with Crippen LogP contribution in [0.25, 0.3) is 0 Å². The van der Waals surface area contributed by atoms with Gasteiger partial charge in [0.1, 0.15) is 6.10 Å². The molecule has 1 aliphatic rings. The van der Waals surface area contributed by atoms with Crippen molar-refractivity contribution in [1.82, 2.24) is 0 Å². The molecule has 0 radical (unpaired) electrons. The van der Waals surface area contributed by atoms with Gasteiger partial charge in [-0.05, 0) is 24.3 Å². The van der Waals surface area contributed by atoms with Crippen LogP contribution in [0.1, 0.15) is 17.2 Å². The molecule has 1 N–H and O–H groups in total. The molecule has 0 saturated heterocycles. The van der Waals surface area contributed by atoms with Crippen molar-refractivity contribution in [2.75, 3.05) is 0 Å². The van der Waals surface area contributed by atoms with Gasteiger partial charge in [0.05, 0.1) is 11.4 Å². The Balaban J connectivity index is 2.23. The number of fused-ring (bicyclic) bond motifs is 2. The Labute approximate surface area is 121 Å². The van der Waals surface area contributed by atoms with E-state index >= 15 is 0 Å². The Morgan fingerprint density at radius 3 is 1.72 bits per heavy atom. The number of azo groups is 1. The molecule has 1 aliphatic heterocycles. The Morgan fingerprint density at radius 1 is 0.833 bits per heavy atom. The summed E-state index contributed by atoms with van der Waals surface area (Å²) in [5, 5.41) is 18.8. The molecule has 0 bridgehead atoms. The van der Waals surface area contributed by atoms with E-state index in [4.69, 9.17) is 0 Å². The highest BCUT2D eigenvalue weighted by Crippen LogP contribution is 2.41. The predicted molar refractivity (Wildman–Crippen MR) is 76.5 cm³/mol. The SMILES string of the molecule is OC1c2ccc(Br)cc2N=Nc2cc(Br)ccc21. The smallest absolute Gasteiger partial charge is 0.108 e. The third-order valence-corrected chi connectivity index (χ3v) is 3.83. The van der Waals surface area contributed by atoms with Gasteiger partial charge in [-0.25, -0.2) is 0 Å². The van der Waals surface area contributed by atoms with Crippen molar-refractivity contribution in [2.45, 2.75) is 6.10 Å². The Morgan fingerprint density at radius 2 is 1.28 bits per heavy atom. The van der Waals surface area contributed by atoms with E-state index in [1.54, 1.807) is 0 Å². The molecule has 18 heavy (non-hydrogen) atoms. The van der Waals surface area contributed by atoms with Crippen LogP contribution >= 0.6 is 31.9 Å². The summed E-state index contributed by atoms with van der Waals surface area (Å²) in [6.45, 7) is 0. The molecule has 2 aromatic carbocycles. The molecule has 3 rings (SSSR count). The first kappa shape index (κ1) is 12.0. The average Bonchev–Trinajstić information content (AvgIpc) is 2.47. The van der Waals surface area contributed by atoms with Gasteiger partial charge in [-0.2, -0.15) is 10.2 Å². The number of aliphatic hydroxyl groups excluding tert-OH is 1. The zero-order chi connectivity index (χ0) is 12.7. The lowest BCUT2D eigenvalue weighted by molar-refractivity contribution is 0.222. The normalized spacial score (nSPS) is 13.9. The average molecular weight is 368 g/mol. The van der Waals surface area contributed by atoms with E-state index < -0.39 is 6.10 Å². The van der Waals surface area contributed by atoms with Gasteiger partial charge in [0, 0.05) is 20.1 Å². The maximum Gasteiger partial charge on any atom is 0.108 e. The molecular formula is C13H8Br2N2O. The summed E-state index contributed by atoms with van der Waals surface area (Å²) in [4.78, 5) is 0. The minimum atomic E-state index is -0.703. The first-order chi connectivity index (χ1) is 8.65. The summed E-state index contributed by atoms with van der Waals surface area (Å²) in [6, 6.07) is 11.2. The molecule has 0 spiro atoms. The van der Waals surface area contributed by atoms with Crippen LogP contribution in [0.4, 0.5) is 11.4 Å². The van der Waals surface area contributed by atoms with Crippen LogP contribution in [0.3, 0.4) is 0 Å². The molecular weight excluding hydrogens is 360 g/mol. The van der Waals surface area contributed by atoms with Crippen molar-refractivity contribution < 1.29 is 5.11 Å². The largest absolute Gasteiger partial charge is 0.383 e. The molecule has 0 saturated carbocycles. The minimum absolute atomic E-state index is 0.684. The van der Waals surface area contributed by atoms with Crippen LogP contribution in [-0.2, 0) is 0 Å². The lowest BCUT2D eigenvalue weighted by atomic mass is 9.99. The zero-order valence-electron chi connectivity index (χ0n) is 9.14. The number of hydrogen-bond acceptors (Lipinski definition) is 3. The molecule has 0 atom stereocenters. The van der Waals surface area contributed by atoms with Crippen molar-refractivity contribution in [3.63, 3.8) is 0 Å². The molecule has 0 unspecified atom stereocenters. The monoisotopic (exact) mass is 366 g/mol. The molecule has 1 heterocycles. The summed E-state index contributed by atoms with van der Waals surface area (Å²) in [6.07, 6.45) is -0.703. The second-order valence-electron chi connectivity index (χ2n) is 4.01. The highest BCUT2D eigenvalue weighted by Gasteiger charge is 2.21. The van der Waals surface area contributed by atoms with Crippen LogP contribution in [0.2, 0.25) is 0 Å². The summed E-state index contributed by atoms with van der Waals surface area (Å²) in [5.41, 5.74) is 2.90. The summed E-state index contributed by atoms with van der Waals surface area (Å²) < 4.78 is 1.83. The number of benzene rings is 2. The molecule has 0 amide bonds.